The zero-order valence-electron chi connectivity index (χ0n) is 21.7. The Morgan fingerprint density at radius 3 is 2.52 bits per heavy atom. The SMILES string of the molecule is CC(C)(F)c1onc(-c2c(Cl)cccc2Cl)c1CO[C@H]1C[C@H]2CC[C@@H](C1)[C@@]2(O)c1nc2c(F)cc(C#N)cc2s1. The summed E-state index contributed by atoms with van der Waals surface area (Å²) in [6, 6.07) is 9.80. The Kier molecular flexibility index (Phi) is 6.91. The molecule has 0 radical (unpaired) electrons. The van der Waals surface area contributed by atoms with Crippen molar-refractivity contribution in [1.29, 1.82) is 5.26 Å². The molecule has 2 aromatic carbocycles. The maximum absolute atomic E-state index is 15.1. The molecule has 6 rings (SSSR count). The van der Waals surface area contributed by atoms with Gasteiger partial charge in [-0.15, -0.1) is 11.3 Å². The van der Waals surface area contributed by atoms with Crippen LogP contribution < -0.4 is 0 Å². The number of aromatic nitrogens is 2. The summed E-state index contributed by atoms with van der Waals surface area (Å²) in [6.45, 7) is 2.79. The van der Waals surface area contributed by atoms with Gasteiger partial charge < -0.3 is 14.4 Å². The minimum absolute atomic E-state index is 0.0227. The van der Waals surface area contributed by atoms with E-state index in [2.05, 4.69) is 10.1 Å². The Morgan fingerprint density at radius 2 is 1.90 bits per heavy atom. The molecule has 1 N–H and O–H groups in total. The lowest BCUT2D eigenvalue weighted by atomic mass is 9.73. The summed E-state index contributed by atoms with van der Waals surface area (Å²) >= 11 is 14.1. The zero-order chi connectivity index (χ0) is 28.4. The van der Waals surface area contributed by atoms with Crippen LogP contribution in [0.4, 0.5) is 8.78 Å². The second-order valence-corrected chi connectivity index (χ2v) is 12.9. The average Bonchev–Trinajstić information content (AvgIpc) is 3.55. The minimum atomic E-state index is -1.82. The summed E-state index contributed by atoms with van der Waals surface area (Å²) in [5.74, 6) is -0.819. The first-order chi connectivity index (χ1) is 19.0. The molecule has 40 heavy (non-hydrogen) atoms. The molecule has 0 saturated heterocycles. The maximum Gasteiger partial charge on any atom is 0.179 e. The Morgan fingerprint density at radius 1 is 1.23 bits per heavy atom. The number of aliphatic hydroxyl groups is 1. The van der Waals surface area contributed by atoms with Crippen LogP contribution in [0.1, 0.15) is 61.4 Å². The van der Waals surface area contributed by atoms with Crippen molar-refractivity contribution < 1.29 is 23.1 Å². The van der Waals surface area contributed by atoms with E-state index in [1.165, 1.54) is 25.2 Å². The molecule has 0 unspecified atom stereocenters. The van der Waals surface area contributed by atoms with Crippen molar-refractivity contribution >= 4 is 44.8 Å². The van der Waals surface area contributed by atoms with E-state index >= 15 is 4.39 Å². The molecule has 0 amide bonds. The average molecular weight is 605 g/mol. The number of hydrogen-bond donors (Lipinski definition) is 1. The maximum atomic E-state index is 15.1. The Hall–Kier alpha value is -2.61. The van der Waals surface area contributed by atoms with Crippen LogP contribution in [0.3, 0.4) is 0 Å². The molecule has 6 nitrogen and oxygen atoms in total. The Balaban J connectivity index is 1.26. The van der Waals surface area contributed by atoms with Gasteiger partial charge in [-0.1, -0.05) is 34.4 Å². The van der Waals surface area contributed by atoms with Gasteiger partial charge in [0.05, 0.1) is 44.7 Å². The van der Waals surface area contributed by atoms with Gasteiger partial charge in [-0.3, -0.25) is 0 Å². The summed E-state index contributed by atoms with van der Waals surface area (Å²) in [7, 11) is 0. The van der Waals surface area contributed by atoms with Gasteiger partial charge in [0.25, 0.3) is 0 Å². The number of benzene rings is 2. The van der Waals surface area contributed by atoms with E-state index in [4.69, 9.17) is 32.5 Å². The fraction of sp³-hybridized carbons (Fsp3) is 0.414. The van der Waals surface area contributed by atoms with Crippen LogP contribution in [-0.4, -0.2) is 21.4 Å². The molecule has 11 heteroatoms. The molecule has 2 aliphatic rings. The highest BCUT2D eigenvalue weighted by atomic mass is 35.5. The van der Waals surface area contributed by atoms with E-state index < -0.39 is 17.1 Å². The minimum Gasteiger partial charge on any atom is -0.382 e. The van der Waals surface area contributed by atoms with Crippen molar-refractivity contribution in [2.45, 2.75) is 63.5 Å². The third-order valence-corrected chi connectivity index (χ3v) is 9.89. The summed E-state index contributed by atoms with van der Waals surface area (Å²) in [4.78, 5) is 4.49. The van der Waals surface area contributed by atoms with Crippen molar-refractivity contribution in [2.75, 3.05) is 0 Å². The molecular weight excluding hydrogens is 579 g/mol. The summed E-state index contributed by atoms with van der Waals surface area (Å²) in [6.07, 6.45) is 2.45. The van der Waals surface area contributed by atoms with Crippen LogP contribution in [0.2, 0.25) is 10.0 Å². The summed E-state index contributed by atoms with van der Waals surface area (Å²) in [5.41, 5.74) is -1.42. The normalized spacial score (nSPS) is 24.5. The smallest absolute Gasteiger partial charge is 0.179 e. The van der Waals surface area contributed by atoms with Crippen molar-refractivity contribution in [3.05, 3.63) is 68.1 Å². The number of alkyl halides is 1. The predicted molar refractivity (Wildman–Crippen MR) is 148 cm³/mol. The number of fused-ring (bicyclic) bond motifs is 3. The van der Waals surface area contributed by atoms with Crippen molar-refractivity contribution in [1.82, 2.24) is 10.1 Å². The lowest BCUT2D eigenvalue weighted by Gasteiger charge is -2.41. The number of hydrogen-bond acceptors (Lipinski definition) is 7. The Labute approximate surface area is 243 Å². The second-order valence-electron chi connectivity index (χ2n) is 11.0. The molecule has 208 valence electrons. The highest BCUT2D eigenvalue weighted by molar-refractivity contribution is 7.18. The van der Waals surface area contributed by atoms with E-state index in [0.717, 1.165) is 18.9 Å². The lowest BCUT2D eigenvalue weighted by Crippen LogP contribution is -2.44. The van der Waals surface area contributed by atoms with Gasteiger partial charge >= 0.3 is 0 Å². The molecule has 4 aromatic rings. The zero-order valence-corrected chi connectivity index (χ0v) is 24.0. The topological polar surface area (TPSA) is 92.2 Å². The lowest BCUT2D eigenvalue weighted by molar-refractivity contribution is -0.116. The fourth-order valence-electron chi connectivity index (χ4n) is 6.24. The second kappa shape index (κ2) is 10.0. The molecule has 2 bridgehead atoms. The number of ether oxygens (including phenoxy) is 1. The number of rotatable bonds is 6. The highest BCUT2D eigenvalue weighted by Gasteiger charge is 2.56. The van der Waals surface area contributed by atoms with Gasteiger partial charge in [0.1, 0.15) is 21.8 Å². The van der Waals surface area contributed by atoms with Crippen LogP contribution in [0.15, 0.2) is 34.9 Å². The molecule has 2 saturated carbocycles. The van der Waals surface area contributed by atoms with E-state index in [-0.39, 0.29) is 41.4 Å². The van der Waals surface area contributed by atoms with Gasteiger partial charge in [-0.2, -0.15) is 5.26 Å². The van der Waals surface area contributed by atoms with Crippen LogP contribution in [0.25, 0.3) is 21.5 Å². The fourth-order valence-corrected chi connectivity index (χ4v) is 8.09. The third kappa shape index (κ3) is 4.50. The van der Waals surface area contributed by atoms with Crippen molar-refractivity contribution in [3.8, 4) is 17.3 Å². The first kappa shape index (κ1) is 27.6. The standard InChI is InChI=1S/C29H25Cl2F2N3O3S/c1-28(2,33)26-18(24(36-39-26)23-19(30)4-3-5-20(23)31)13-38-17-10-15-6-7-16(11-17)29(15,37)27-35-25-21(32)8-14(12-34)9-22(25)40-27/h3-5,8-9,15-17,37H,6-7,10-11,13H2,1-2H3/t15-,16+,17+,29-. The monoisotopic (exact) mass is 603 g/mol. The van der Waals surface area contributed by atoms with Gasteiger partial charge in [-0.05, 0) is 75.6 Å². The molecule has 2 fully saturated rings. The molecule has 2 aliphatic carbocycles. The van der Waals surface area contributed by atoms with Gasteiger partial charge in [-0.25, -0.2) is 13.8 Å². The predicted octanol–water partition coefficient (Wildman–Crippen LogP) is 8.07. The van der Waals surface area contributed by atoms with Crippen LogP contribution in [-0.2, 0) is 22.6 Å². The molecule has 0 aliphatic heterocycles. The molecule has 0 spiro atoms. The summed E-state index contributed by atoms with van der Waals surface area (Å²) in [5, 5.41) is 26.5. The van der Waals surface area contributed by atoms with Crippen molar-refractivity contribution in [2.24, 2.45) is 11.8 Å². The number of nitrogens with zero attached hydrogens (tertiary/aromatic N) is 3. The van der Waals surface area contributed by atoms with Crippen LogP contribution in [0, 0.1) is 29.0 Å². The van der Waals surface area contributed by atoms with E-state index in [9.17, 15) is 14.8 Å². The van der Waals surface area contributed by atoms with Crippen molar-refractivity contribution in [3.63, 3.8) is 0 Å². The highest BCUT2D eigenvalue weighted by Crippen LogP contribution is 2.57. The molecule has 2 aromatic heterocycles. The first-order valence-corrected chi connectivity index (χ1v) is 14.5. The summed E-state index contributed by atoms with van der Waals surface area (Å²) < 4.78 is 42.1. The van der Waals surface area contributed by atoms with Gasteiger partial charge in [0.2, 0.25) is 0 Å². The Bertz CT molecular complexity index is 1620. The van der Waals surface area contributed by atoms with Crippen LogP contribution in [0.5, 0.6) is 0 Å². The number of thiazole rings is 1. The third-order valence-electron chi connectivity index (χ3n) is 8.11. The largest absolute Gasteiger partial charge is 0.382 e. The van der Waals surface area contributed by atoms with E-state index in [0.29, 0.717) is 49.4 Å². The molecular formula is C29H25Cl2F2N3O3S. The van der Waals surface area contributed by atoms with Gasteiger partial charge in [0, 0.05) is 5.56 Å². The van der Waals surface area contributed by atoms with E-state index in [1.54, 1.807) is 24.3 Å². The first-order valence-electron chi connectivity index (χ1n) is 13.0. The molecule has 4 atom stereocenters. The number of nitriles is 1. The van der Waals surface area contributed by atoms with Gasteiger partial charge in [0.15, 0.2) is 17.2 Å². The van der Waals surface area contributed by atoms with Crippen LogP contribution >= 0.6 is 34.5 Å². The quantitative estimate of drug-likeness (QED) is 0.239. The molecule has 2 heterocycles. The van der Waals surface area contributed by atoms with E-state index in [1.807, 2.05) is 6.07 Å². The number of halogens is 4.